The first-order valence-corrected chi connectivity index (χ1v) is 11.7. The quantitative estimate of drug-likeness (QED) is 0.165. The molecule has 1 aromatic heterocycles. The van der Waals surface area contributed by atoms with Gasteiger partial charge in [-0.1, -0.05) is 94.3 Å². The van der Waals surface area contributed by atoms with E-state index in [0.29, 0.717) is 11.0 Å². The number of hydrogen-bond acceptors (Lipinski definition) is 2. The highest BCUT2D eigenvalue weighted by Crippen LogP contribution is 2.27. The van der Waals surface area contributed by atoms with Crippen molar-refractivity contribution in [2.45, 2.75) is 78.1 Å². The van der Waals surface area contributed by atoms with Crippen LogP contribution in [0.2, 0.25) is 0 Å². The molecule has 1 heterocycles. The molecule has 0 spiro atoms. The van der Waals surface area contributed by atoms with Gasteiger partial charge in [-0.05, 0) is 31.0 Å². The van der Waals surface area contributed by atoms with E-state index in [9.17, 15) is 4.79 Å². The zero-order valence-corrected chi connectivity index (χ0v) is 18.9. The maximum absolute atomic E-state index is 12.6. The Kier molecular flexibility index (Phi) is 8.81. The molecule has 0 saturated carbocycles. The summed E-state index contributed by atoms with van der Waals surface area (Å²) < 4.78 is 5.54. The summed E-state index contributed by atoms with van der Waals surface area (Å²) in [5.74, 6) is 13.4. The highest BCUT2D eigenvalue weighted by Gasteiger charge is 2.13. The van der Waals surface area contributed by atoms with Gasteiger partial charge in [-0.3, -0.25) is 0 Å². The van der Waals surface area contributed by atoms with E-state index in [0.717, 1.165) is 47.6 Å². The predicted octanol–water partition coefficient (Wildman–Crippen LogP) is 7.59. The van der Waals surface area contributed by atoms with Crippen molar-refractivity contribution in [2.75, 3.05) is 0 Å². The van der Waals surface area contributed by atoms with Crippen LogP contribution in [0.25, 0.3) is 21.7 Å². The van der Waals surface area contributed by atoms with Crippen LogP contribution in [0.1, 0.15) is 89.2 Å². The van der Waals surface area contributed by atoms with E-state index < -0.39 is 0 Å². The van der Waals surface area contributed by atoms with Gasteiger partial charge in [0.05, 0.1) is 5.39 Å². The zero-order valence-electron chi connectivity index (χ0n) is 18.9. The van der Waals surface area contributed by atoms with E-state index in [1.165, 1.54) is 38.5 Å². The summed E-state index contributed by atoms with van der Waals surface area (Å²) in [4.78, 5) is 12.6. The van der Waals surface area contributed by atoms with Gasteiger partial charge in [-0.15, -0.1) is 0 Å². The molecule has 2 heteroatoms. The summed E-state index contributed by atoms with van der Waals surface area (Å²) in [6.07, 6.45) is 11.4. The second-order valence-electron chi connectivity index (χ2n) is 8.02. The van der Waals surface area contributed by atoms with Gasteiger partial charge in [0.15, 0.2) is 0 Å². The second kappa shape index (κ2) is 12.0. The van der Waals surface area contributed by atoms with Crippen LogP contribution in [0.15, 0.2) is 45.6 Å². The fraction of sp³-hybridized carbons (Fsp3) is 0.414. The SMILES string of the molecule is CCCCCCC#Cc1ccc2c(=O)oc3ccccc3c2c1C#CCCCCCC. The molecule has 0 amide bonds. The largest absolute Gasteiger partial charge is 0.422 e. The molecule has 0 radical (unpaired) electrons. The minimum atomic E-state index is -0.321. The second-order valence-corrected chi connectivity index (χ2v) is 8.02. The molecule has 0 fully saturated rings. The first kappa shape index (κ1) is 22.7. The molecule has 0 saturated heterocycles. The fourth-order valence-corrected chi connectivity index (χ4v) is 3.79. The summed E-state index contributed by atoms with van der Waals surface area (Å²) in [5.41, 5.74) is 2.03. The normalized spacial score (nSPS) is 10.5. The number of benzene rings is 2. The average molecular weight is 413 g/mol. The number of unbranched alkanes of at least 4 members (excludes halogenated alkanes) is 8. The Hall–Kier alpha value is -2.97. The first-order valence-electron chi connectivity index (χ1n) is 11.7. The van der Waals surface area contributed by atoms with Crippen LogP contribution in [0, 0.1) is 23.7 Å². The van der Waals surface area contributed by atoms with Gasteiger partial charge in [0.2, 0.25) is 0 Å². The van der Waals surface area contributed by atoms with Crippen molar-refractivity contribution in [3.05, 3.63) is 57.9 Å². The zero-order chi connectivity index (χ0) is 21.9. The Bertz CT molecular complexity index is 1190. The molecule has 0 bridgehead atoms. The van der Waals surface area contributed by atoms with Gasteiger partial charge in [0.1, 0.15) is 5.58 Å². The summed E-state index contributed by atoms with van der Waals surface area (Å²) in [7, 11) is 0. The van der Waals surface area contributed by atoms with Gasteiger partial charge in [-0.25, -0.2) is 4.79 Å². The fourth-order valence-electron chi connectivity index (χ4n) is 3.79. The van der Waals surface area contributed by atoms with Crippen molar-refractivity contribution in [1.82, 2.24) is 0 Å². The van der Waals surface area contributed by atoms with Crippen LogP contribution >= 0.6 is 0 Å². The van der Waals surface area contributed by atoms with Crippen molar-refractivity contribution in [2.24, 2.45) is 0 Å². The van der Waals surface area contributed by atoms with Crippen molar-refractivity contribution >= 4 is 21.7 Å². The first-order chi connectivity index (χ1) is 15.3. The van der Waals surface area contributed by atoms with Gasteiger partial charge in [0.25, 0.3) is 0 Å². The average Bonchev–Trinajstić information content (AvgIpc) is 2.79. The molecule has 0 aliphatic carbocycles. The lowest BCUT2D eigenvalue weighted by molar-refractivity contribution is 0.569. The summed E-state index contributed by atoms with van der Waals surface area (Å²) in [5, 5.41) is 2.35. The van der Waals surface area contributed by atoms with Gasteiger partial charge >= 0.3 is 5.63 Å². The van der Waals surface area contributed by atoms with E-state index in [-0.39, 0.29) is 5.63 Å². The van der Waals surface area contributed by atoms with Gasteiger partial charge in [-0.2, -0.15) is 0 Å². The van der Waals surface area contributed by atoms with Crippen LogP contribution in [-0.4, -0.2) is 0 Å². The lowest BCUT2D eigenvalue weighted by Gasteiger charge is -2.07. The molecule has 0 unspecified atom stereocenters. The molecule has 3 aromatic rings. The van der Waals surface area contributed by atoms with E-state index in [1.54, 1.807) is 0 Å². The number of para-hydroxylation sites is 1. The lowest BCUT2D eigenvalue weighted by atomic mass is 9.97. The molecule has 160 valence electrons. The minimum absolute atomic E-state index is 0.321. The topological polar surface area (TPSA) is 30.2 Å². The highest BCUT2D eigenvalue weighted by atomic mass is 16.4. The standard InChI is InChI=1S/C29H32O2/c1-3-5-7-9-11-13-17-23-21-22-26-28(24(23)18-14-12-10-8-6-4-2)25-19-15-16-20-27(25)31-29(26)30/h15-16,19-22H,3-12H2,1-2H3. The van der Waals surface area contributed by atoms with Crippen molar-refractivity contribution < 1.29 is 4.42 Å². The molecule has 0 aliphatic heterocycles. The third-order valence-electron chi connectivity index (χ3n) is 5.53. The summed E-state index contributed by atoms with van der Waals surface area (Å²) in [6.45, 7) is 4.43. The number of hydrogen-bond donors (Lipinski definition) is 0. The molecule has 31 heavy (non-hydrogen) atoms. The van der Waals surface area contributed by atoms with Gasteiger partial charge in [0, 0.05) is 34.7 Å². The molecule has 0 aliphatic rings. The molecule has 3 rings (SSSR count). The maximum Gasteiger partial charge on any atom is 0.344 e. The van der Waals surface area contributed by atoms with Gasteiger partial charge < -0.3 is 4.42 Å². The van der Waals surface area contributed by atoms with Crippen LogP contribution < -0.4 is 5.63 Å². The van der Waals surface area contributed by atoms with Crippen LogP contribution in [0.5, 0.6) is 0 Å². The Morgan fingerprint density at radius 2 is 1.42 bits per heavy atom. The molecule has 2 aromatic carbocycles. The van der Waals surface area contributed by atoms with Crippen LogP contribution in [0.4, 0.5) is 0 Å². The Morgan fingerprint density at radius 1 is 0.742 bits per heavy atom. The van der Waals surface area contributed by atoms with Crippen LogP contribution in [0.3, 0.4) is 0 Å². The highest BCUT2D eigenvalue weighted by molar-refractivity contribution is 6.08. The lowest BCUT2D eigenvalue weighted by Crippen LogP contribution is -2.02. The third-order valence-corrected chi connectivity index (χ3v) is 5.53. The minimum Gasteiger partial charge on any atom is -0.422 e. The Morgan fingerprint density at radius 3 is 2.13 bits per heavy atom. The van der Waals surface area contributed by atoms with Crippen molar-refractivity contribution in [3.63, 3.8) is 0 Å². The van der Waals surface area contributed by atoms with E-state index in [4.69, 9.17) is 4.42 Å². The van der Waals surface area contributed by atoms with E-state index in [1.807, 2.05) is 36.4 Å². The Balaban J connectivity index is 2.04. The Labute approximate surface area is 186 Å². The summed E-state index contributed by atoms with van der Waals surface area (Å²) in [6, 6.07) is 11.4. The van der Waals surface area contributed by atoms with Crippen molar-refractivity contribution in [1.29, 1.82) is 0 Å². The van der Waals surface area contributed by atoms with E-state index >= 15 is 0 Å². The maximum atomic E-state index is 12.6. The third kappa shape index (κ3) is 6.02. The number of rotatable bonds is 8. The monoisotopic (exact) mass is 412 g/mol. The number of fused-ring (bicyclic) bond motifs is 3. The molecule has 0 atom stereocenters. The molecular weight excluding hydrogens is 380 g/mol. The predicted molar refractivity (Wildman–Crippen MR) is 131 cm³/mol. The molecule has 0 N–H and O–H groups in total. The smallest absolute Gasteiger partial charge is 0.344 e. The van der Waals surface area contributed by atoms with Crippen molar-refractivity contribution in [3.8, 4) is 23.7 Å². The van der Waals surface area contributed by atoms with E-state index in [2.05, 4.69) is 37.5 Å². The summed E-state index contributed by atoms with van der Waals surface area (Å²) >= 11 is 0. The van der Waals surface area contributed by atoms with Crippen LogP contribution in [-0.2, 0) is 0 Å². The molecular formula is C29H32O2. The molecule has 2 nitrogen and oxygen atoms in total.